The average Bonchev–Trinajstić information content (AvgIpc) is 3.14. The smallest absolute Gasteiger partial charge is 0.305 e. The lowest BCUT2D eigenvalue weighted by Gasteiger charge is -2.38. The summed E-state index contributed by atoms with van der Waals surface area (Å²) in [6.07, 6.45) is 5.09. The van der Waals surface area contributed by atoms with Gasteiger partial charge in [0.1, 0.15) is 0 Å². The van der Waals surface area contributed by atoms with Gasteiger partial charge in [-0.25, -0.2) is 0 Å². The molecule has 102 valence electrons. The third kappa shape index (κ3) is 3.02. The third-order valence-corrected chi connectivity index (χ3v) is 3.91. The highest BCUT2D eigenvalue weighted by molar-refractivity contribution is 5.87. The number of hydrogen-bond donors (Lipinski definition) is 2. The van der Waals surface area contributed by atoms with Crippen LogP contribution in [0.25, 0.3) is 0 Å². The molecule has 5 nitrogen and oxygen atoms in total. The first-order valence-electron chi connectivity index (χ1n) is 6.81. The lowest BCUT2D eigenvalue weighted by Crippen LogP contribution is -2.58. The minimum atomic E-state index is -0.838. The Labute approximate surface area is 108 Å². The molecule has 1 heterocycles. The van der Waals surface area contributed by atoms with Crippen LogP contribution in [0.5, 0.6) is 0 Å². The number of amides is 1. The van der Waals surface area contributed by atoms with Crippen molar-refractivity contribution in [2.45, 2.75) is 57.0 Å². The molecule has 5 heteroatoms. The normalized spacial score (nSPS) is 27.8. The maximum Gasteiger partial charge on any atom is 0.305 e. The Bertz CT molecular complexity index is 333. The lowest BCUT2D eigenvalue weighted by molar-refractivity contribution is -0.142. The number of carbonyl (C=O) groups is 2. The van der Waals surface area contributed by atoms with Crippen LogP contribution >= 0.6 is 0 Å². The predicted octanol–water partition coefficient (Wildman–Crippen LogP) is 0.984. The molecule has 1 saturated heterocycles. The van der Waals surface area contributed by atoms with Crippen LogP contribution in [0.3, 0.4) is 0 Å². The summed E-state index contributed by atoms with van der Waals surface area (Å²) in [4.78, 5) is 25.0. The first-order chi connectivity index (χ1) is 8.53. The van der Waals surface area contributed by atoms with Crippen molar-refractivity contribution in [3.63, 3.8) is 0 Å². The zero-order valence-corrected chi connectivity index (χ0v) is 10.9. The quantitative estimate of drug-likeness (QED) is 0.767. The summed E-state index contributed by atoms with van der Waals surface area (Å²) >= 11 is 0. The van der Waals surface area contributed by atoms with E-state index in [0.717, 1.165) is 38.6 Å². The molecule has 0 aromatic heterocycles. The minimum absolute atomic E-state index is 0.0400. The van der Waals surface area contributed by atoms with Gasteiger partial charge in [-0.2, -0.15) is 0 Å². The zero-order chi connectivity index (χ0) is 13.2. The third-order valence-electron chi connectivity index (χ3n) is 3.91. The Balaban J connectivity index is 2.00. The standard InChI is InChI=1S/C13H22N2O3/c1-13(7-2-3-8-14-13)12(18)15(10-4-5-10)9-6-11(16)17/h10,14H,2-9H2,1H3,(H,16,17). The van der Waals surface area contributed by atoms with Crippen molar-refractivity contribution in [1.29, 1.82) is 0 Å². The fourth-order valence-electron chi connectivity index (χ4n) is 2.61. The number of carbonyl (C=O) groups excluding carboxylic acids is 1. The number of nitrogens with zero attached hydrogens (tertiary/aromatic N) is 1. The van der Waals surface area contributed by atoms with E-state index in [1.807, 2.05) is 6.92 Å². The van der Waals surface area contributed by atoms with Crippen LogP contribution < -0.4 is 5.32 Å². The van der Waals surface area contributed by atoms with Crippen LogP contribution in [0.15, 0.2) is 0 Å². The van der Waals surface area contributed by atoms with E-state index in [4.69, 9.17) is 5.11 Å². The summed E-state index contributed by atoms with van der Waals surface area (Å²) in [6.45, 7) is 3.17. The monoisotopic (exact) mass is 254 g/mol. The van der Waals surface area contributed by atoms with E-state index in [1.165, 1.54) is 0 Å². The number of aliphatic carboxylic acids is 1. The fourth-order valence-corrected chi connectivity index (χ4v) is 2.61. The second kappa shape index (κ2) is 5.26. The van der Waals surface area contributed by atoms with Gasteiger partial charge in [-0.3, -0.25) is 9.59 Å². The molecule has 1 aliphatic carbocycles. The van der Waals surface area contributed by atoms with Crippen molar-refractivity contribution in [2.75, 3.05) is 13.1 Å². The van der Waals surface area contributed by atoms with Crippen molar-refractivity contribution in [3.05, 3.63) is 0 Å². The van der Waals surface area contributed by atoms with Gasteiger partial charge in [-0.05, 0) is 45.6 Å². The number of nitrogens with one attached hydrogen (secondary N) is 1. The van der Waals surface area contributed by atoms with Gasteiger partial charge in [0.05, 0.1) is 12.0 Å². The fraction of sp³-hybridized carbons (Fsp3) is 0.846. The summed E-state index contributed by atoms with van der Waals surface area (Å²) in [5.41, 5.74) is -0.487. The lowest BCUT2D eigenvalue weighted by atomic mass is 9.89. The number of carboxylic acids is 1. The molecule has 0 aromatic rings. The van der Waals surface area contributed by atoms with Crippen molar-refractivity contribution in [2.24, 2.45) is 0 Å². The van der Waals surface area contributed by atoms with Gasteiger partial charge in [0.15, 0.2) is 0 Å². The molecule has 18 heavy (non-hydrogen) atoms. The molecule has 2 fully saturated rings. The summed E-state index contributed by atoms with van der Waals surface area (Å²) in [5, 5.41) is 12.1. The number of piperidine rings is 1. The van der Waals surface area contributed by atoms with Crippen LogP contribution in [0, 0.1) is 0 Å². The SMILES string of the molecule is CC1(C(=O)N(CCC(=O)O)C2CC2)CCCCN1. The first-order valence-corrected chi connectivity index (χ1v) is 6.81. The molecule has 1 unspecified atom stereocenters. The highest BCUT2D eigenvalue weighted by Crippen LogP contribution is 2.31. The summed E-state index contributed by atoms with van der Waals surface area (Å²) in [6, 6.07) is 0.275. The Morgan fingerprint density at radius 2 is 2.11 bits per heavy atom. The largest absolute Gasteiger partial charge is 0.481 e. The molecule has 2 N–H and O–H groups in total. The molecule has 1 amide bonds. The molecule has 0 aromatic carbocycles. The highest BCUT2D eigenvalue weighted by Gasteiger charge is 2.42. The zero-order valence-electron chi connectivity index (χ0n) is 10.9. The predicted molar refractivity (Wildman–Crippen MR) is 67.2 cm³/mol. The molecule has 2 aliphatic rings. The summed E-state index contributed by atoms with van der Waals surface area (Å²) in [7, 11) is 0. The van der Waals surface area contributed by atoms with E-state index in [1.54, 1.807) is 4.90 Å². The maximum absolute atomic E-state index is 12.6. The molecular formula is C13H22N2O3. The van der Waals surface area contributed by atoms with E-state index < -0.39 is 11.5 Å². The molecular weight excluding hydrogens is 232 g/mol. The molecule has 0 radical (unpaired) electrons. The van der Waals surface area contributed by atoms with Gasteiger partial charge < -0.3 is 15.3 Å². The van der Waals surface area contributed by atoms with Crippen LogP contribution in [-0.2, 0) is 9.59 Å². The second-order valence-corrected chi connectivity index (χ2v) is 5.59. The van der Waals surface area contributed by atoms with Gasteiger partial charge in [-0.15, -0.1) is 0 Å². The Hall–Kier alpha value is -1.10. The van der Waals surface area contributed by atoms with Crippen LogP contribution in [0.2, 0.25) is 0 Å². The molecule has 1 aliphatic heterocycles. The van der Waals surface area contributed by atoms with Crippen molar-refractivity contribution < 1.29 is 14.7 Å². The van der Waals surface area contributed by atoms with Crippen molar-refractivity contribution >= 4 is 11.9 Å². The minimum Gasteiger partial charge on any atom is -0.481 e. The van der Waals surface area contributed by atoms with Crippen LogP contribution in [0.4, 0.5) is 0 Å². The summed E-state index contributed by atoms with van der Waals surface area (Å²) < 4.78 is 0. The van der Waals surface area contributed by atoms with E-state index in [9.17, 15) is 9.59 Å². The van der Waals surface area contributed by atoms with E-state index >= 15 is 0 Å². The van der Waals surface area contributed by atoms with Gasteiger partial charge in [0, 0.05) is 12.6 Å². The molecule has 1 atom stereocenters. The Morgan fingerprint density at radius 1 is 1.39 bits per heavy atom. The van der Waals surface area contributed by atoms with E-state index in [-0.39, 0.29) is 18.4 Å². The van der Waals surface area contributed by atoms with Crippen molar-refractivity contribution in [1.82, 2.24) is 10.2 Å². The van der Waals surface area contributed by atoms with E-state index in [2.05, 4.69) is 5.32 Å². The average molecular weight is 254 g/mol. The van der Waals surface area contributed by atoms with Crippen molar-refractivity contribution in [3.8, 4) is 0 Å². The Kier molecular flexibility index (Phi) is 3.90. The summed E-state index contributed by atoms with van der Waals surface area (Å²) in [5.74, 6) is -0.749. The topological polar surface area (TPSA) is 69.6 Å². The van der Waals surface area contributed by atoms with E-state index in [0.29, 0.717) is 6.54 Å². The molecule has 1 saturated carbocycles. The first kappa shape index (κ1) is 13.3. The molecule has 0 bridgehead atoms. The number of carboxylic acid groups (broad SMARTS) is 1. The Morgan fingerprint density at radius 3 is 2.61 bits per heavy atom. The van der Waals surface area contributed by atoms with Crippen LogP contribution in [0.1, 0.15) is 45.4 Å². The molecule has 2 rings (SSSR count). The molecule has 0 spiro atoms. The number of rotatable bonds is 5. The van der Waals surface area contributed by atoms with Gasteiger partial charge >= 0.3 is 5.97 Å². The van der Waals surface area contributed by atoms with Crippen LogP contribution in [-0.4, -0.2) is 46.6 Å². The number of hydrogen-bond acceptors (Lipinski definition) is 3. The second-order valence-electron chi connectivity index (χ2n) is 5.59. The van der Waals surface area contributed by atoms with Gasteiger partial charge in [-0.1, -0.05) is 0 Å². The van der Waals surface area contributed by atoms with Gasteiger partial charge in [0.2, 0.25) is 5.91 Å². The maximum atomic E-state index is 12.6. The highest BCUT2D eigenvalue weighted by atomic mass is 16.4. The van der Waals surface area contributed by atoms with Gasteiger partial charge in [0.25, 0.3) is 0 Å².